The summed E-state index contributed by atoms with van der Waals surface area (Å²) >= 11 is 0. The second kappa shape index (κ2) is 7.46. The molecule has 0 saturated heterocycles. The zero-order valence-electron chi connectivity index (χ0n) is 19.1. The maximum Gasteiger partial charge on any atom is 0.185 e. The van der Waals surface area contributed by atoms with E-state index in [1.165, 1.54) is 5.56 Å². The van der Waals surface area contributed by atoms with E-state index in [0.29, 0.717) is 33.6 Å². The molecule has 0 amide bonds. The van der Waals surface area contributed by atoms with Crippen molar-refractivity contribution in [3.05, 3.63) is 115 Å². The summed E-state index contributed by atoms with van der Waals surface area (Å²) in [6.45, 7) is 2.10. The highest BCUT2D eigenvalue weighted by Crippen LogP contribution is 2.59. The van der Waals surface area contributed by atoms with Crippen LogP contribution in [-0.2, 0) is 4.57 Å². The third-order valence-corrected chi connectivity index (χ3v) is 10.0. The molecule has 4 heteroatoms. The summed E-state index contributed by atoms with van der Waals surface area (Å²) in [6.07, 6.45) is 0. The molecule has 1 atom stereocenters. The molecule has 2 heterocycles. The van der Waals surface area contributed by atoms with Crippen LogP contribution in [0.25, 0.3) is 22.3 Å². The van der Waals surface area contributed by atoms with Gasteiger partial charge in [-0.25, -0.2) is 0 Å². The van der Waals surface area contributed by atoms with Gasteiger partial charge in [0, 0.05) is 0 Å². The molecule has 3 nitrogen and oxygen atoms in total. The zero-order chi connectivity index (χ0) is 23.6. The quantitative estimate of drug-likeness (QED) is 0.250. The lowest BCUT2D eigenvalue weighted by Crippen LogP contribution is -2.35. The molecule has 0 aliphatic carbocycles. The number of fused-ring (bicyclic) bond motifs is 4. The third-order valence-electron chi connectivity index (χ3n) is 6.86. The standard InChI is InChI=1S/C31H21O3P/c1-20-9-5-6-12-24(20)22-15-16-30-26(17-22)34-28-19-23(21-10-3-2-4-11-21)18-27-31(28)35(30,32)29-14-8-7-13-25(29)33-27/h2-19H,1H3. The van der Waals surface area contributed by atoms with Crippen LogP contribution < -0.4 is 25.4 Å². The van der Waals surface area contributed by atoms with Crippen LogP contribution >= 0.6 is 7.14 Å². The van der Waals surface area contributed by atoms with Crippen molar-refractivity contribution < 1.29 is 14.0 Å². The molecule has 5 aromatic carbocycles. The van der Waals surface area contributed by atoms with E-state index in [1.807, 2.05) is 84.9 Å². The van der Waals surface area contributed by atoms with E-state index < -0.39 is 7.14 Å². The molecular weight excluding hydrogens is 451 g/mol. The SMILES string of the molecule is Cc1ccccc1-c1ccc2c(c1)Oc1cc(-c3ccccc3)cc3c1P2(=O)c1ccccc1O3. The van der Waals surface area contributed by atoms with Gasteiger partial charge in [0.05, 0.1) is 10.6 Å². The number of rotatable bonds is 2. The average Bonchev–Trinajstić information content (AvgIpc) is 2.89. The van der Waals surface area contributed by atoms with Gasteiger partial charge in [0.2, 0.25) is 0 Å². The van der Waals surface area contributed by atoms with Crippen LogP contribution in [0.5, 0.6) is 23.0 Å². The lowest BCUT2D eigenvalue weighted by molar-refractivity contribution is 0.462. The maximum atomic E-state index is 15.1. The lowest BCUT2D eigenvalue weighted by Gasteiger charge is -2.35. The summed E-state index contributed by atoms with van der Waals surface area (Å²) in [6, 6.07) is 36.0. The van der Waals surface area contributed by atoms with Crippen LogP contribution in [0.3, 0.4) is 0 Å². The molecule has 0 N–H and O–H groups in total. The van der Waals surface area contributed by atoms with Gasteiger partial charge >= 0.3 is 0 Å². The second-order valence-corrected chi connectivity index (χ2v) is 11.6. The molecule has 2 aliphatic heterocycles. The Morgan fingerprint density at radius 2 is 1.17 bits per heavy atom. The van der Waals surface area contributed by atoms with Crippen LogP contribution in [0.1, 0.15) is 5.56 Å². The summed E-state index contributed by atoms with van der Waals surface area (Å²) in [5, 5.41) is 2.08. The van der Waals surface area contributed by atoms with E-state index >= 15 is 4.57 Å². The van der Waals surface area contributed by atoms with Gasteiger partial charge in [-0.05, 0) is 71.1 Å². The molecule has 2 aliphatic rings. The van der Waals surface area contributed by atoms with Crippen LogP contribution in [0, 0.1) is 6.92 Å². The Morgan fingerprint density at radius 1 is 0.543 bits per heavy atom. The monoisotopic (exact) mass is 472 g/mol. The highest BCUT2D eigenvalue weighted by atomic mass is 31.2. The summed E-state index contributed by atoms with van der Waals surface area (Å²) in [7, 11) is -3.20. The highest BCUT2D eigenvalue weighted by molar-refractivity contribution is 7.86. The molecule has 35 heavy (non-hydrogen) atoms. The molecule has 7 rings (SSSR count). The van der Waals surface area contributed by atoms with E-state index in [4.69, 9.17) is 9.47 Å². The number of ether oxygens (including phenoxy) is 2. The molecular formula is C31H21O3P. The van der Waals surface area contributed by atoms with E-state index in [-0.39, 0.29) is 0 Å². The minimum atomic E-state index is -3.20. The molecule has 0 spiro atoms. The molecule has 0 radical (unpaired) electrons. The van der Waals surface area contributed by atoms with Crippen molar-refractivity contribution in [2.45, 2.75) is 6.92 Å². The fourth-order valence-electron chi connectivity index (χ4n) is 5.18. The molecule has 1 unspecified atom stereocenters. The van der Waals surface area contributed by atoms with Crippen molar-refractivity contribution >= 4 is 23.1 Å². The van der Waals surface area contributed by atoms with Gasteiger partial charge in [-0.3, -0.25) is 0 Å². The van der Waals surface area contributed by atoms with Crippen molar-refractivity contribution in [3.63, 3.8) is 0 Å². The summed E-state index contributed by atoms with van der Waals surface area (Å²) < 4.78 is 28.0. The smallest absolute Gasteiger partial charge is 0.185 e. The van der Waals surface area contributed by atoms with Crippen LogP contribution in [0.2, 0.25) is 0 Å². The normalized spacial score (nSPS) is 16.8. The number of aryl methyl sites for hydroxylation is 1. The van der Waals surface area contributed by atoms with E-state index in [2.05, 4.69) is 31.2 Å². The molecule has 5 aromatic rings. The van der Waals surface area contributed by atoms with Gasteiger partial charge in [-0.1, -0.05) is 72.8 Å². The lowest BCUT2D eigenvalue weighted by atomic mass is 10.0. The minimum Gasteiger partial charge on any atom is -0.456 e. The van der Waals surface area contributed by atoms with E-state index in [1.54, 1.807) is 0 Å². The van der Waals surface area contributed by atoms with Gasteiger partial charge in [0.25, 0.3) is 0 Å². The van der Waals surface area contributed by atoms with Gasteiger partial charge in [0.15, 0.2) is 7.14 Å². The largest absolute Gasteiger partial charge is 0.456 e. The number of hydrogen-bond donors (Lipinski definition) is 0. The minimum absolute atomic E-state index is 0.591. The predicted molar refractivity (Wildman–Crippen MR) is 142 cm³/mol. The molecule has 0 bridgehead atoms. The van der Waals surface area contributed by atoms with Gasteiger partial charge in [0.1, 0.15) is 28.3 Å². The first-order valence-corrected chi connectivity index (χ1v) is 13.3. The fraction of sp³-hybridized carbons (Fsp3) is 0.0323. The Bertz CT molecular complexity index is 1690. The summed E-state index contributed by atoms with van der Waals surface area (Å²) in [4.78, 5) is 0. The van der Waals surface area contributed by atoms with Gasteiger partial charge in [-0.2, -0.15) is 0 Å². The van der Waals surface area contributed by atoms with E-state index in [0.717, 1.165) is 27.6 Å². The number of hydrogen-bond acceptors (Lipinski definition) is 3. The first kappa shape index (κ1) is 20.3. The van der Waals surface area contributed by atoms with Crippen molar-refractivity contribution in [1.82, 2.24) is 0 Å². The second-order valence-electron chi connectivity index (χ2n) is 8.97. The van der Waals surface area contributed by atoms with Crippen molar-refractivity contribution in [2.24, 2.45) is 0 Å². The van der Waals surface area contributed by atoms with E-state index in [9.17, 15) is 0 Å². The topological polar surface area (TPSA) is 35.5 Å². The first-order chi connectivity index (χ1) is 17.1. The Labute approximate surface area is 204 Å². The molecule has 0 aromatic heterocycles. The maximum absolute atomic E-state index is 15.1. The zero-order valence-corrected chi connectivity index (χ0v) is 20.0. The predicted octanol–water partition coefficient (Wildman–Crippen LogP) is 7.18. The van der Waals surface area contributed by atoms with Gasteiger partial charge < -0.3 is 14.0 Å². The molecule has 0 saturated carbocycles. The van der Waals surface area contributed by atoms with Crippen LogP contribution in [0.4, 0.5) is 0 Å². The van der Waals surface area contributed by atoms with Crippen molar-refractivity contribution in [2.75, 3.05) is 0 Å². The molecule has 168 valence electrons. The van der Waals surface area contributed by atoms with Crippen molar-refractivity contribution in [1.29, 1.82) is 0 Å². The van der Waals surface area contributed by atoms with Crippen LogP contribution in [-0.4, -0.2) is 0 Å². The Balaban J connectivity index is 1.50. The van der Waals surface area contributed by atoms with Crippen LogP contribution in [0.15, 0.2) is 109 Å². The highest BCUT2D eigenvalue weighted by Gasteiger charge is 2.46. The third kappa shape index (κ3) is 2.95. The van der Waals surface area contributed by atoms with Crippen molar-refractivity contribution in [3.8, 4) is 45.3 Å². The summed E-state index contributed by atoms with van der Waals surface area (Å²) in [5.74, 6) is 2.45. The van der Waals surface area contributed by atoms with Gasteiger partial charge in [-0.15, -0.1) is 0 Å². The Morgan fingerprint density at radius 3 is 1.97 bits per heavy atom. The Hall–Kier alpha value is -4.07. The number of para-hydroxylation sites is 1. The molecule has 0 fully saturated rings. The first-order valence-electron chi connectivity index (χ1n) is 11.6. The summed E-state index contributed by atoms with van der Waals surface area (Å²) in [5.41, 5.74) is 5.36. The average molecular weight is 472 g/mol. The number of benzene rings is 5. The fourth-order valence-corrected chi connectivity index (χ4v) is 8.19. The Kier molecular flexibility index (Phi) is 4.33.